The molecule has 0 saturated carbocycles. The van der Waals surface area contributed by atoms with Crippen LogP contribution in [0.3, 0.4) is 0 Å². The van der Waals surface area contributed by atoms with Crippen LogP contribution in [0, 0.1) is 6.92 Å². The molecule has 1 N–H and O–H groups in total. The molecule has 3 aromatic rings. The van der Waals surface area contributed by atoms with Crippen LogP contribution in [0.2, 0.25) is 0 Å². The first-order valence-electron chi connectivity index (χ1n) is 9.97. The summed E-state index contributed by atoms with van der Waals surface area (Å²) in [5.74, 6) is 1.42. The van der Waals surface area contributed by atoms with Gasteiger partial charge in [-0.05, 0) is 38.0 Å². The number of ether oxygens (including phenoxy) is 1. The summed E-state index contributed by atoms with van der Waals surface area (Å²) in [5, 5.41) is 4.51. The minimum Gasteiger partial charge on any atom is -0.493 e. The van der Waals surface area contributed by atoms with Gasteiger partial charge in [0.05, 0.1) is 19.4 Å². The van der Waals surface area contributed by atoms with Crippen molar-refractivity contribution in [3.63, 3.8) is 0 Å². The molecule has 1 aliphatic rings. The van der Waals surface area contributed by atoms with E-state index in [1.807, 2.05) is 26.0 Å². The van der Waals surface area contributed by atoms with Crippen molar-refractivity contribution < 1.29 is 13.9 Å². The highest BCUT2D eigenvalue weighted by atomic mass is 32.2. The molecule has 4 rings (SSSR count). The monoisotopic (exact) mass is 420 g/mol. The number of thioether (sulfide) groups is 1. The van der Waals surface area contributed by atoms with Gasteiger partial charge < -0.3 is 14.5 Å². The topological polar surface area (TPSA) is 63.8 Å². The van der Waals surface area contributed by atoms with Gasteiger partial charge in [0.25, 0.3) is 0 Å². The third kappa shape index (κ3) is 4.28. The van der Waals surface area contributed by atoms with Crippen molar-refractivity contribution in [2.75, 3.05) is 18.9 Å². The Morgan fingerprint density at radius 2 is 2.10 bits per heavy atom. The number of aryl methyl sites for hydroxylation is 1. The van der Waals surface area contributed by atoms with Crippen LogP contribution in [0.1, 0.15) is 25.0 Å². The van der Waals surface area contributed by atoms with Gasteiger partial charge in [-0.25, -0.2) is 0 Å². The van der Waals surface area contributed by atoms with E-state index < -0.39 is 0 Å². The van der Waals surface area contributed by atoms with E-state index in [-0.39, 0.29) is 5.91 Å². The zero-order valence-corrected chi connectivity index (χ0v) is 18.1. The van der Waals surface area contributed by atoms with Gasteiger partial charge in [0.2, 0.25) is 5.91 Å². The van der Waals surface area contributed by atoms with Gasteiger partial charge in [0, 0.05) is 34.4 Å². The van der Waals surface area contributed by atoms with Crippen molar-refractivity contribution in [1.82, 2.24) is 5.32 Å². The second-order valence-corrected chi connectivity index (χ2v) is 8.23. The second-order valence-electron chi connectivity index (χ2n) is 7.14. The summed E-state index contributed by atoms with van der Waals surface area (Å²) in [6.45, 7) is 7.19. The Kier molecular flexibility index (Phi) is 5.95. The molecule has 0 atom stereocenters. The van der Waals surface area contributed by atoms with Gasteiger partial charge in [-0.3, -0.25) is 9.79 Å². The summed E-state index contributed by atoms with van der Waals surface area (Å²) >= 11 is 1.56. The summed E-state index contributed by atoms with van der Waals surface area (Å²) < 4.78 is 11.7. The third-order valence-corrected chi connectivity index (χ3v) is 5.82. The molecule has 0 radical (unpaired) electrons. The summed E-state index contributed by atoms with van der Waals surface area (Å²) in [5.41, 5.74) is 5.76. The number of benzene rings is 2. The van der Waals surface area contributed by atoms with E-state index in [9.17, 15) is 4.79 Å². The van der Waals surface area contributed by atoms with Gasteiger partial charge in [-0.2, -0.15) is 0 Å². The van der Waals surface area contributed by atoms with Crippen LogP contribution in [-0.2, 0) is 4.79 Å². The molecule has 2 heterocycles. The Labute approximate surface area is 180 Å². The average Bonchev–Trinajstić information content (AvgIpc) is 3.37. The van der Waals surface area contributed by atoms with Crippen molar-refractivity contribution in [2.45, 2.75) is 20.8 Å². The number of furan rings is 1. The van der Waals surface area contributed by atoms with Crippen LogP contribution < -0.4 is 10.1 Å². The highest BCUT2D eigenvalue weighted by Gasteiger charge is 2.16. The van der Waals surface area contributed by atoms with Crippen molar-refractivity contribution in [1.29, 1.82) is 0 Å². The Balaban J connectivity index is 1.73. The first-order valence-corrected chi connectivity index (χ1v) is 11.0. The summed E-state index contributed by atoms with van der Waals surface area (Å²) in [7, 11) is 0. The molecule has 1 aliphatic heterocycles. The maximum Gasteiger partial charge on any atom is 0.250 e. The minimum absolute atomic E-state index is 0.186. The number of carbonyl (C=O) groups excluding carboxylic acids is 1. The quantitative estimate of drug-likeness (QED) is 0.559. The molecule has 0 saturated heterocycles. The zero-order chi connectivity index (χ0) is 21.1. The molecular formula is C24H24N2O3S. The van der Waals surface area contributed by atoms with E-state index in [2.05, 4.69) is 41.5 Å². The number of hydrogen-bond donors (Lipinski definition) is 1. The molecule has 2 aromatic carbocycles. The van der Waals surface area contributed by atoms with Crippen LogP contribution in [0.25, 0.3) is 27.7 Å². The van der Waals surface area contributed by atoms with Gasteiger partial charge in [-0.15, -0.1) is 0 Å². The Morgan fingerprint density at radius 1 is 1.30 bits per heavy atom. The lowest BCUT2D eigenvalue weighted by molar-refractivity contribution is -0.115. The van der Waals surface area contributed by atoms with E-state index in [1.54, 1.807) is 24.1 Å². The number of nitrogens with one attached hydrogen (secondary N) is 1. The van der Waals surface area contributed by atoms with E-state index in [0.29, 0.717) is 17.5 Å². The number of amides is 1. The first kappa shape index (κ1) is 20.3. The lowest BCUT2D eigenvalue weighted by atomic mass is 9.99. The van der Waals surface area contributed by atoms with Crippen molar-refractivity contribution >= 4 is 39.4 Å². The highest BCUT2D eigenvalue weighted by molar-refractivity contribution is 8.14. The van der Waals surface area contributed by atoms with Crippen LogP contribution in [0.5, 0.6) is 5.75 Å². The third-order valence-electron chi connectivity index (χ3n) is 4.93. The number of carbonyl (C=O) groups is 1. The molecule has 1 amide bonds. The predicted molar refractivity (Wildman–Crippen MR) is 124 cm³/mol. The normalized spacial score (nSPS) is 14.1. The molecule has 0 fully saturated rings. The molecule has 1 aromatic heterocycles. The fourth-order valence-corrected chi connectivity index (χ4v) is 4.15. The molecule has 0 spiro atoms. The largest absolute Gasteiger partial charge is 0.493 e. The van der Waals surface area contributed by atoms with Gasteiger partial charge in [-0.1, -0.05) is 41.6 Å². The van der Waals surface area contributed by atoms with Crippen molar-refractivity contribution in [3.05, 3.63) is 59.9 Å². The Morgan fingerprint density at radius 3 is 2.80 bits per heavy atom. The van der Waals surface area contributed by atoms with Crippen LogP contribution >= 0.6 is 11.8 Å². The van der Waals surface area contributed by atoms with Crippen LogP contribution in [0.15, 0.2) is 58.1 Å². The number of allylic oxidation sites excluding steroid dienone is 1. The molecule has 30 heavy (non-hydrogen) atoms. The van der Waals surface area contributed by atoms with E-state index in [4.69, 9.17) is 9.15 Å². The molecule has 0 bridgehead atoms. The Hall–Kier alpha value is -2.99. The minimum atomic E-state index is -0.186. The van der Waals surface area contributed by atoms with E-state index in [1.165, 1.54) is 5.56 Å². The molecular weight excluding hydrogens is 396 g/mol. The maximum absolute atomic E-state index is 12.4. The number of hydrogen-bond acceptors (Lipinski definition) is 5. The van der Waals surface area contributed by atoms with Crippen molar-refractivity contribution in [3.8, 4) is 16.9 Å². The maximum atomic E-state index is 12.4. The number of nitrogens with zero attached hydrogens (tertiary/aromatic N) is 1. The smallest absolute Gasteiger partial charge is 0.250 e. The fourth-order valence-electron chi connectivity index (χ4n) is 3.42. The second kappa shape index (κ2) is 8.79. The molecule has 5 nitrogen and oxygen atoms in total. The summed E-state index contributed by atoms with van der Waals surface area (Å²) in [6, 6.07) is 12.3. The molecule has 154 valence electrons. The lowest BCUT2D eigenvalue weighted by Crippen LogP contribution is -2.25. The van der Waals surface area contributed by atoms with Crippen LogP contribution in [-0.4, -0.2) is 30.0 Å². The van der Waals surface area contributed by atoms with Gasteiger partial charge in [0.1, 0.15) is 11.3 Å². The number of rotatable bonds is 5. The Bertz CT molecular complexity index is 1140. The van der Waals surface area contributed by atoms with Gasteiger partial charge in [0.15, 0.2) is 5.17 Å². The number of amidine groups is 1. The van der Waals surface area contributed by atoms with Gasteiger partial charge >= 0.3 is 0 Å². The van der Waals surface area contributed by atoms with E-state index in [0.717, 1.165) is 45.5 Å². The summed E-state index contributed by atoms with van der Waals surface area (Å²) in [6.07, 6.45) is 3.37. The fraction of sp³-hybridized carbons (Fsp3) is 0.250. The molecule has 0 aliphatic carbocycles. The molecule has 0 unspecified atom stereocenters. The number of aliphatic imine (C=N–C) groups is 1. The highest BCUT2D eigenvalue weighted by Crippen LogP contribution is 2.37. The average molecular weight is 421 g/mol. The van der Waals surface area contributed by atoms with Crippen LogP contribution in [0.4, 0.5) is 0 Å². The van der Waals surface area contributed by atoms with Crippen molar-refractivity contribution in [2.24, 2.45) is 4.99 Å². The van der Waals surface area contributed by atoms with E-state index >= 15 is 0 Å². The predicted octanol–water partition coefficient (Wildman–Crippen LogP) is 5.43. The SMILES string of the molecule is CCOc1cc2occ(-c3ccc(C)cc3)c2cc1/C(C)=C/C(=O)NC1=NCCS1. The lowest BCUT2D eigenvalue weighted by Gasteiger charge is -2.12. The first-order chi connectivity index (χ1) is 14.5. The summed E-state index contributed by atoms with van der Waals surface area (Å²) in [4.78, 5) is 16.7. The number of fused-ring (bicyclic) bond motifs is 1. The standard InChI is InChI=1S/C24H24N2O3S/c1-4-28-21-13-22-19(20(14-29-22)17-7-5-15(2)6-8-17)12-18(21)16(3)11-23(27)26-24-25-9-10-30-24/h5-8,11-14H,4,9-10H2,1-3H3,(H,25,26,27)/b16-11+. The zero-order valence-electron chi connectivity index (χ0n) is 17.3. The molecule has 6 heteroatoms.